The highest BCUT2D eigenvalue weighted by atomic mass is 32.2. The van der Waals surface area contributed by atoms with Gasteiger partial charge in [0.05, 0.1) is 4.90 Å². The molecule has 1 heterocycles. The van der Waals surface area contributed by atoms with Crippen LogP contribution in [0.3, 0.4) is 0 Å². The maximum atomic E-state index is 13.5. The van der Waals surface area contributed by atoms with E-state index >= 15 is 0 Å². The number of sulfonamides is 1. The number of hydrogen-bond acceptors (Lipinski definition) is 4. The highest BCUT2D eigenvalue weighted by Crippen LogP contribution is 2.35. The van der Waals surface area contributed by atoms with Gasteiger partial charge < -0.3 is 4.74 Å². The van der Waals surface area contributed by atoms with Crippen LogP contribution in [0, 0.1) is 6.92 Å². The predicted molar refractivity (Wildman–Crippen MR) is 132 cm³/mol. The molecular formula is C27H22N2O3S. The third-order valence-corrected chi connectivity index (χ3v) is 7.43. The Hall–Kier alpha value is -3.90. The molecule has 0 spiro atoms. The lowest BCUT2D eigenvalue weighted by Gasteiger charge is -2.22. The van der Waals surface area contributed by atoms with Gasteiger partial charge in [-0.2, -0.15) is 0 Å². The van der Waals surface area contributed by atoms with Crippen molar-refractivity contribution in [2.24, 2.45) is 4.99 Å². The second kappa shape index (κ2) is 8.22. The first-order chi connectivity index (χ1) is 15.9. The molecule has 1 aliphatic heterocycles. The SMILES string of the molecule is Cc1ccc(S(=O)(=O)N(C)C2=C(c3cccc4ccccc34)Oc3ccccc3C=N2)cc1. The molecule has 6 heteroatoms. The summed E-state index contributed by atoms with van der Waals surface area (Å²) in [4.78, 5) is 4.81. The quantitative estimate of drug-likeness (QED) is 0.403. The molecule has 5 nitrogen and oxygen atoms in total. The van der Waals surface area contributed by atoms with Crippen LogP contribution in [0.4, 0.5) is 0 Å². The summed E-state index contributed by atoms with van der Waals surface area (Å²) in [7, 11) is -2.37. The van der Waals surface area contributed by atoms with Gasteiger partial charge in [-0.3, -0.25) is 0 Å². The van der Waals surface area contributed by atoms with E-state index in [1.807, 2.05) is 73.7 Å². The first kappa shape index (κ1) is 21.0. The summed E-state index contributed by atoms with van der Waals surface area (Å²) in [6.07, 6.45) is 1.64. The van der Waals surface area contributed by atoms with Crippen LogP contribution >= 0.6 is 0 Å². The largest absolute Gasteiger partial charge is 0.452 e. The fourth-order valence-corrected chi connectivity index (χ4v) is 4.98. The Morgan fingerprint density at radius 1 is 0.818 bits per heavy atom. The summed E-state index contributed by atoms with van der Waals surface area (Å²) in [6.45, 7) is 1.92. The molecular weight excluding hydrogens is 432 g/mol. The molecule has 0 radical (unpaired) electrons. The fraction of sp³-hybridized carbons (Fsp3) is 0.0741. The zero-order chi connectivity index (χ0) is 23.0. The number of rotatable bonds is 4. The minimum Gasteiger partial charge on any atom is -0.452 e. The third kappa shape index (κ3) is 3.79. The zero-order valence-electron chi connectivity index (χ0n) is 18.3. The Bertz CT molecular complexity index is 1520. The van der Waals surface area contributed by atoms with E-state index in [1.54, 1.807) is 30.5 Å². The van der Waals surface area contributed by atoms with Gasteiger partial charge in [0.25, 0.3) is 10.0 Å². The van der Waals surface area contributed by atoms with E-state index in [1.165, 1.54) is 11.4 Å². The summed E-state index contributed by atoms with van der Waals surface area (Å²) >= 11 is 0. The van der Waals surface area contributed by atoms with Crippen LogP contribution in [0.25, 0.3) is 16.5 Å². The third-order valence-electron chi connectivity index (χ3n) is 5.67. The van der Waals surface area contributed by atoms with E-state index in [2.05, 4.69) is 4.99 Å². The highest BCUT2D eigenvalue weighted by molar-refractivity contribution is 7.89. The van der Waals surface area contributed by atoms with E-state index in [0.29, 0.717) is 11.5 Å². The Labute approximate surface area is 193 Å². The van der Waals surface area contributed by atoms with Crippen LogP contribution in [-0.2, 0) is 10.0 Å². The normalized spacial score (nSPS) is 13.4. The molecule has 0 bridgehead atoms. The maximum absolute atomic E-state index is 13.5. The molecule has 0 atom stereocenters. The van der Waals surface area contributed by atoms with E-state index in [9.17, 15) is 8.42 Å². The first-order valence-electron chi connectivity index (χ1n) is 10.5. The number of benzene rings is 4. The van der Waals surface area contributed by atoms with Crippen molar-refractivity contribution in [2.45, 2.75) is 11.8 Å². The number of ether oxygens (including phenoxy) is 1. The van der Waals surface area contributed by atoms with E-state index in [4.69, 9.17) is 4.74 Å². The van der Waals surface area contributed by atoms with Crippen molar-refractivity contribution in [2.75, 3.05) is 7.05 Å². The number of nitrogens with zero attached hydrogens (tertiary/aromatic N) is 2. The van der Waals surface area contributed by atoms with Gasteiger partial charge in [0, 0.05) is 24.4 Å². The molecule has 4 aromatic carbocycles. The zero-order valence-corrected chi connectivity index (χ0v) is 19.1. The number of fused-ring (bicyclic) bond motifs is 2. The van der Waals surface area contributed by atoms with Gasteiger partial charge in [-0.1, -0.05) is 72.3 Å². The van der Waals surface area contributed by atoms with Crippen molar-refractivity contribution < 1.29 is 13.2 Å². The van der Waals surface area contributed by atoms with E-state index in [0.717, 1.165) is 27.5 Å². The first-order valence-corrected chi connectivity index (χ1v) is 12.0. The molecule has 0 amide bonds. The molecule has 0 saturated heterocycles. The summed E-state index contributed by atoms with van der Waals surface area (Å²) < 4.78 is 34.6. The lowest BCUT2D eigenvalue weighted by molar-refractivity contribution is 0.479. The summed E-state index contributed by atoms with van der Waals surface area (Å²) in [5.41, 5.74) is 2.52. The van der Waals surface area contributed by atoms with Crippen molar-refractivity contribution >= 4 is 32.8 Å². The Balaban J connectivity index is 1.74. The Morgan fingerprint density at radius 2 is 1.52 bits per heavy atom. The minimum absolute atomic E-state index is 0.192. The Morgan fingerprint density at radius 3 is 2.33 bits per heavy atom. The summed E-state index contributed by atoms with van der Waals surface area (Å²) in [6, 6.07) is 28.1. The van der Waals surface area contributed by atoms with Gasteiger partial charge >= 0.3 is 0 Å². The van der Waals surface area contributed by atoms with Crippen molar-refractivity contribution in [3.63, 3.8) is 0 Å². The average molecular weight is 455 g/mol. The van der Waals surface area contributed by atoms with Crippen molar-refractivity contribution in [3.05, 3.63) is 114 Å². The number of aryl methyl sites for hydroxylation is 1. The monoisotopic (exact) mass is 454 g/mol. The topological polar surface area (TPSA) is 59.0 Å². The Kier molecular flexibility index (Phi) is 5.23. The highest BCUT2D eigenvalue weighted by Gasteiger charge is 2.29. The van der Waals surface area contributed by atoms with E-state index < -0.39 is 10.0 Å². The lowest BCUT2D eigenvalue weighted by Crippen LogP contribution is -2.27. The molecule has 0 aromatic heterocycles. The summed E-state index contributed by atoms with van der Waals surface area (Å²) in [5.74, 6) is 1.20. The van der Waals surface area contributed by atoms with Crippen LogP contribution < -0.4 is 4.74 Å². The van der Waals surface area contributed by atoms with Gasteiger partial charge in [-0.25, -0.2) is 17.7 Å². The van der Waals surface area contributed by atoms with Crippen LogP contribution in [0.5, 0.6) is 5.75 Å². The van der Waals surface area contributed by atoms with E-state index in [-0.39, 0.29) is 10.7 Å². The maximum Gasteiger partial charge on any atom is 0.265 e. The van der Waals surface area contributed by atoms with Crippen molar-refractivity contribution in [1.29, 1.82) is 0 Å². The van der Waals surface area contributed by atoms with Crippen LogP contribution in [0.15, 0.2) is 107 Å². The lowest BCUT2D eigenvalue weighted by atomic mass is 10.0. The summed E-state index contributed by atoms with van der Waals surface area (Å²) in [5, 5.41) is 1.97. The molecule has 5 rings (SSSR count). The molecule has 0 unspecified atom stereocenters. The van der Waals surface area contributed by atoms with Crippen LogP contribution in [0.1, 0.15) is 16.7 Å². The van der Waals surface area contributed by atoms with Crippen molar-refractivity contribution in [3.8, 4) is 5.75 Å². The number of aliphatic imine (C=N–C) groups is 1. The van der Waals surface area contributed by atoms with Gasteiger partial charge in [0.1, 0.15) is 5.75 Å². The van der Waals surface area contributed by atoms with Gasteiger partial charge in [-0.05, 0) is 42.0 Å². The molecule has 0 N–H and O–H groups in total. The number of hydrogen-bond donors (Lipinski definition) is 0. The molecule has 0 fully saturated rings. The fourth-order valence-electron chi connectivity index (χ4n) is 3.83. The standard InChI is InChI=1S/C27H22N2O3S/c1-19-14-16-22(17-15-19)33(30,31)29(2)27-26(32-25-13-6-4-9-21(25)18-28-27)24-12-7-10-20-8-3-5-11-23(20)24/h3-18H,1-2H3. The van der Waals surface area contributed by atoms with Gasteiger partial charge in [0.2, 0.25) is 0 Å². The van der Waals surface area contributed by atoms with Gasteiger partial charge in [-0.15, -0.1) is 0 Å². The van der Waals surface area contributed by atoms with Crippen LogP contribution in [-0.4, -0.2) is 26.0 Å². The molecule has 164 valence electrons. The minimum atomic E-state index is -3.87. The second-order valence-electron chi connectivity index (χ2n) is 7.86. The van der Waals surface area contributed by atoms with Gasteiger partial charge in [0.15, 0.2) is 11.6 Å². The molecule has 0 saturated carbocycles. The molecule has 4 aromatic rings. The molecule has 33 heavy (non-hydrogen) atoms. The smallest absolute Gasteiger partial charge is 0.265 e. The number of para-hydroxylation sites is 1. The molecule has 0 aliphatic carbocycles. The van der Waals surface area contributed by atoms with Crippen LogP contribution in [0.2, 0.25) is 0 Å². The predicted octanol–water partition coefficient (Wildman–Crippen LogP) is 5.61. The van der Waals surface area contributed by atoms with Crippen molar-refractivity contribution in [1.82, 2.24) is 4.31 Å². The molecule has 1 aliphatic rings. The second-order valence-corrected chi connectivity index (χ2v) is 9.83. The average Bonchev–Trinajstić information content (AvgIpc) is 3.03.